The number of amides is 1. The Bertz CT molecular complexity index is 460. The highest BCUT2D eigenvalue weighted by molar-refractivity contribution is 7.10. The molecule has 1 N–H and O–H groups in total. The SMILES string of the molecule is COCCCN1C(=O)CCC(C(=O)O)C1c1cccs1. The lowest BCUT2D eigenvalue weighted by molar-refractivity contribution is -0.152. The molecular formula is C14H19NO4S. The van der Waals surface area contributed by atoms with Crippen LogP contribution in [0, 0.1) is 5.92 Å². The summed E-state index contributed by atoms with van der Waals surface area (Å²) in [6.45, 7) is 1.11. The highest BCUT2D eigenvalue weighted by atomic mass is 32.1. The number of piperidine rings is 1. The van der Waals surface area contributed by atoms with Crippen LogP contribution in [-0.2, 0) is 14.3 Å². The third kappa shape index (κ3) is 3.19. The predicted octanol–water partition coefficient (Wildman–Crippen LogP) is 2.15. The summed E-state index contributed by atoms with van der Waals surface area (Å²) in [5.74, 6) is -1.31. The van der Waals surface area contributed by atoms with Gasteiger partial charge in [-0.2, -0.15) is 0 Å². The summed E-state index contributed by atoms with van der Waals surface area (Å²) in [5.41, 5.74) is 0. The minimum Gasteiger partial charge on any atom is -0.481 e. The van der Waals surface area contributed by atoms with E-state index in [9.17, 15) is 14.7 Å². The number of rotatable bonds is 6. The summed E-state index contributed by atoms with van der Waals surface area (Å²) in [7, 11) is 1.62. The Morgan fingerprint density at radius 2 is 2.40 bits per heavy atom. The molecule has 2 unspecified atom stereocenters. The second-order valence-electron chi connectivity index (χ2n) is 4.88. The van der Waals surface area contributed by atoms with Crippen molar-refractivity contribution in [2.45, 2.75) is 25.3 Å². The van der Waals surface area contributed by atoms with Crippen LogP contribution in [0.15, 0.2) is 17.5 Å². The molecule has 0 spiro atoms. The molecule has 6 heteroatoms. The van der Waals surface area contributed by atoms with E-state index in [1.807, 2.05) is 17.5 Å². The Morgan fingerprint density at radius 1 is 1.60 bits per heavy atom. The van der Waals surface area contributed by atoms with Gasteiger partial charge in [0.2, 0.25) is 5.91 Å². The number of likely N-dealkylation sites (tertiary alicyclic amines) is 1. The van der Waals surface area contributed by atoms with Crippen LogP contribution >= 0.6 is 11.3 Å². The van der Waals surface area contributed by atoms with Gasteiger partial charge in [-0.05, 0) is 24.3 Å². The lowest BCUT2D eigenvalue weighted by Crippen LogP contribution is -2.45. The first-order chi connectivity index (χ1) is 9.65. The number of ether oxygens (including phenoxy) is 1. The molecule has 2 atom stereocenters. The van der Waals surface area contributed by atoms with Crippen molar-refractivity contribution in [1.29, 1.82) is 0 Å². The van der Waals surface area contributed by atoms with Crippen LogP contribution in [0.3, 0.4) is 0 Å². The van der Waals surface area contributed by atoms with Crippen LogP contribution in [0.5, 0.6) is 0 Å². The smallest absolute Gasteiger partial charge is 0.308 e. The number of nitrogens with zero attached hydrogens (tertiary/aromatic N) is 1. The fourth-order valence-electron chi connectivity index (χ4n) is 2.67. The average Bonchev–Trinajstić information content (AvgIpc) is 2.93. The van der Waals surface area contributed by atoms with Crippen molar-refractivity contribution in [3.8, 4) is 0 Å². The molecule has 2 heterocycles. The van der Waals surface area contributed by atoms with E-state index in [1.165, 1.54) is 11.3 Å². The van der Waals surface area contributed by atoms with Gasteiger partial charge in [-0.3, -0.25) is 9.59 Å². The highest BCUT2D eigenvalue weighted by Crippen LogP contribution is 2.38. The van der Waals surface area contributed by atoms with Crippen molar-refractivity contribution < 1.29 is 19.4 Å². The van der Waals surface area contributed by atoms with E-state index in [-0.39, 0.29) is 11.9 Å². The Kier molecular flexibility index (Phi) is 5.14. The number of carboxylic acids is 1. The number of thiophene rings is 1. The van der Waals surface area contributed by atoms with Crippen molar-refractivity contribution in [3.63, 3.8) is 0 Å². The largest absolute Gasteiger partial charge is 0.481 e. The van der Waals surface area contributed by atoms with Crippen LogP contribution in [0.25, 0.3) is 0 Å². The first kappa shape index (κ1) is 15.0. The Balaban J connectivity index is 2.22. The monoisotopic (exact) mass is 297 g/mol. The van der Waals surface area contributed by atoms with Gasteiger partial charge in [-0.15, -0.1) is 11.3 Å². The predicted molar refractivity (Wildman–Crippen MR) is 75.6 cm³/mol. The van der Waals surface area contributed by atoms with Crippen molar-refractivity contribution in [2.24, 2.45) is 5.92 Å². The van der Waals surface area contributed by atoms with E-state index in [0.717, 1.165) is 11.3 Å². The van der Waals surface area contributed by atoms with Crippen molar-refractivity contribution >= 4 is 23.2 Å². The number of hydrogen-bond donors (Lipinski definition) is 1. The molecule has 1 aromatic heterocycles. The third-order valence-electron chi connectivity index (χ3n) is 3.61. The Morgan fingerprint density at radius 3 is 3.00 bits per heavy atom. The first-order valence-electron chi connectivity index (χ1n) is 6.69. The zero-order chi connectivity index (χ0) is 14.5. The van der Waals surface area contributed by atoms with E-state index >= 15 is 0 Å². The van der Waals surface area contributed by atoms with Crippen molar-refractivity contribution in [3.05, 3.63) is 22.4 Å². The van der Waals surface area contributed by atoms with Gasteiger partial charge in [0.05, 0.1) is 12.0 Å². The fraction of sp³-hybridized carbons (Fsp3) is 0.571. The van der Waals surface area contributed by atoms with Gasteiger partial charge in [-0.25, -0.2) is 0 Å². The molecule has 110 valence electrons. The molecule has 20 heavy (non-hydrogen) atoms. The van der Waals surface area contributed by atoms with Gasteiger partial charge in [0.1, 0.15) is 0 Å². The maximum absolute atomic E-state index is 12.2. The minimum absolute atomic E-state index is 0.0389. The molecule has 0 saturated carbocycles. The van der Waals surface area contributed by atoms with Crippen LogP contribution in [0.1, 0.15) is 30.2 Å². The molecule has 1 aromatic rings. The number of carbonyl (C=O) groups is 2. The summed E-state index contributed by atoms with van der Waals surface area (Å²) in [4.78, 5) is 26.3. The fourth-order valence-corrected chi connectivity index (χ4v) is 3.57. The Hall–Kier alpha value is -1.40. The molecule has 1 saturated heterocycles. The quantitative estimate of drug-likeness (QED) is 0.817. The summed E-state index contributed by atoms with van der Waals surface area (Å²) >= 11 is 1.51. The summed E-state index contributed by atoms with van der Waals surface area (Å²) in [6, 6.07) is 3.46. The topological polar surface area (TPSA) is 66.8 Å². The second kappa shape index (κ2) is 6.85. The number of methoxy groups -OCH3 is 1. The van der Waals surface area contributed by atoms with Crippen molar-refractivity contribution in [1.82, 2.24) is 4.90 Å². The van der Waals surface area contributed by atoms with Gasteiger partial charge in [0, 0.05) is 31.6 Å². The maximum atomic E-state index is 12.2. The molecule has 0 bridgehead atoms. The van der Waals surface area contributed by atoms with Gasteiger partial charge < -0.3 is 14.7 Å². The zero-order valence-electron chi connectivity index (χ0n) is 11.4. The second-order valence-corrected chi connectivity index (χ2v) is 5.86. The standard InChI is InChI=1S/C14H19NO4S/c1-19-8-3-7-15-12(16)6-5-10(14(17)18)13(15)11-4-2-9-20-11/h2,4,9-10,13H,3,5-8H2,1H3,(H,17,18). The third-order valence-corrected chi connectivity index (χ3v) is 4.55. The summed E-state index contributed by atoms with van der Waals surface area (Å²) < 4.78 is 5.02. The van der Waals surface area contributed by atoms with Gasteiger partial charge in [0.15, 0.2) is 0 Å². The van der Waals surface area contributed by atoms with E-state index in [1.54, 1.807) is 12.0 Å². The molecule has 1 aliphatic rings. The molecule has 0 aromatic carbocycles. The average molecular weight is 297 g/mol. The number of aliphatic carboxylic acids is 1. The van der Waals surface area contributed by atoms with Gasteiger partial charge >= 0.3 is 5.97 Å². The number of hydrogen-bond acceptors (Lipinski definition) is 4. The lowest BCUT2D eigenvalue weighted by atomic mass is 9.87. The summed E-state index contributed by atoms with van der Waals surface area (Å²) in [6.07, 6.45) is 1.44. The van der Waals surface area contributed by atoms with Crippen LogP contribution in [0.4, 0.5) is 0 Å². The van der Waals surface area contributed by atoms with E-state index in [2.05, 4.69) is 0 Å². The number of carboxylic acid groups (broad SMARTS) is 1. The molecule has 5 nitrogen and oxygen atoms in total. The molecule has 0 aliphatic carbocycles. The van der Waals surface area contributed by atoms with Crippen LogP contribution in [0.2, 0.25) is 0 Å². The molecular weight excluding hydrogens is 278 g/mol. The molecule has 1 fully saturated rings. The maximum Gasteiger partial charge on any atom is 0.308 e. The van der Waals surface area contributed by atoms with E-state index in [0.29, 0.717) is 26.0 Å². The molecule has 2 rings (SSSR count). The van der Waals surface area contributed by atoms with Crippen LogP contribution < -0.4 is 0 Å². The van der Waals surface area contributed by atoms with Gasteiger partial charge in [0.25, 0.3) is 0 Å². The van der Waals surface area contributed by atoms with E-state index in [4.69, 9.17) is 4.74 Å². The van der Waals surface area contributed by atoms with E-state index < -0.39 is 11.9 Å². The summed E-state index contributed by atoms with van der Waals surface area (Å²) in [5, 5.41) is 11.3. The molecule has 1 aliphatic heterocycles. The van der Waals surface area contributed by atoms with Gasteiger partial charge in [-0.1, -0.05) is 6.07 Å². The highest BCUT2D eigenvalue weighted by Gasteiger charge is 2.40. The number of carbonyl (C=O) groups excluding carboxylic acids is 1. The molecule has 1 amide bonds. The first-order valence-corrected chi connectivity index (χ1v) is 7.57. The lowest BCUT2D eigenvalue weighted by Gasteiger charge is -2.39. The molecule has 0 radical (unpaired) electrons. The Labute approximate surface area is 122 Å². The van der Waals surface area contributed by atoms with Crippen LogP contribution in [-0.4, -0.2) is 42.1 Å². The van der Waals surface area contributed by atoms with Crippen molar-refractivity contribution in [2.75, 3.05) is 20.3 Å². The minimum atomic E-state index is -0.826. The normalized spacial score (nSPS) is 23.1. The zero-order valence-corrected chi connectivity index (χ0v) is 12.3.